The molecule has 0 spiro atoms. The number of aliphatic hydroxyl groups excluding tert-OH is 1. The summed E-state index contributed by atoms with van der Waals surface area (Å²) in [6.45, 7) is -0.0840. The van der Waals surface area contributed by atoms with E-state index in [9.17, 15) is 14.3 Å². The molecule has 2 amide bonds. The molecular formula is C16H13ClFN3O2. The lowest BCUT2D eigenvalue weighted by Gasteiger charge is -2.13. The highest BCUT2D eigenvalue weighted by Crippen LogP contribution is 2.20. The van der Waals surface area contributed by atoms with E-state index in [0.717, 1.165) is 0 Å². The Morgan fingerprint density at radius 3 is 2.78 bits per heavy atom. The van der Waals surface area contributed by atoms with Crippen LogP contribution >= 0.6 is 11.6 Å². The van der Waals surface area contributed by atoms with Crippen molar-refractivity contribution in [2.45, 2.75) is 6.10 Å². The third-order valence-electron chi connectivity index (χ3n) is 3.04. The van der Waals surface area contributed by atoms with E-state index in [-0.39, 0.29) is 11.6 Å². The third kappa shape index (κ3) is 4.68. The Labute approximate surface area is 137 Å². The fraction of sp³-hybridized carbons (Fsp3) is 0.125. The van der Waals surface area contributed by atoms with Crippen molar-refractivity contribution < 1.29 is 14.3 Å². The fourth-order valence-electron chi connectivity index (χ4n) is 1.88. The van der Waals surface area contributed by atoms with Crippen LogP contribution in [0.25, 0.3) is 0 Å². The van der Waals surface area contributed by atoms with Crippen LogP contribution in [0.1, 0.15) is 17.2 Å². The standard InChI is InChI=1S/C16H13ClFN3O2/c17-14-7-13(5-4-11(14)8-19)21-16(23)20-9-15(22)10-2-1-3-12(18)6-10/h1-7,15,22H,9H2,(H2,20,21,23). The van der Waals surface area contributed by atoms with Crippen molar-refractivity contribution in [2.24, 2.45) is 0 Å². The van der Waals surface area contributed by atoms with Crippen molar-refractivity contribution in [1.29, 1.82) is 5.26 Å². The molecule has 2 aromatic rings. The number of carbonyl (C=O) groups is 1. The van der Waals surface area contributed by atoms with E-state index in [2.05, 4.69) is 10.6 Å². The maximum absolute atomic E-state index is 13.1. The predicted molar refractivity (Wildman–Crippen MR) is 84.5 cm³/mol. The van der Waals surface area contributed by atoms with Crippen molar-refractivity contribution in [2.75, 3.05) is 11.9 Å². The maximum atomic E-state index is 13.1. The minimum absolute atomic E-state index is 0.0840. The van der Waals surface area contributed by atoms with E-state index in [0.29, 0.717) is 16.8 Å². The summed E-state index contributed by atoms with van der Waals surface area (Å²) in [5.41, 5.74) is 1.08. The van der Waals surface area contributed by atoms with E-state index < -0.39 is 18.0 Å². The third-order valence-corrected chi connectivity index (χ3v) is 3.35. The summed E-state index contributed by atoms with van der Waals surface area (Å²) in [5, 5.41) is 23.9. The number of benzene rings is 2. The molecule has 0 aliphatic rings. The van der Waals surface area contributed by atoms with Crippen LogP contribution in [0, 0.1) is 17.1 Å². The number of nitrogens with zero attached hydrogens (tertiary/aromatic N) is 1. The van der Waals surface area contributed by atoms with Gasteiger partial charge in [0.15, 0.2) is 0 Å². The number of hydrogen-bond acceptors (Lipinski definition) is 3. The maximum Gasteiger partial charge on any atom is 0.319 e. The molecule has 3 N–H and O–H groups in total. The van der Waals surface area contributed by atoms with Crippen LogP contribution in [0.3, 0.4) is 0 Å². The number of nitriles is 1. The molecule has 0 heterocycles. The largest absolute Gasteiger partial charge is 0.387 e. The molecule has 1 unspecified atom stereocenters. The van der Waals surface area contributed by atoms with E-state index in [1.165, 1.54) is 36.4 Å². The molecule has 2 aromatic carbocycles. The molecule has 0 aliphatic carbocycles. The van der Waals surface area contributed by atoms with Gasteiger partial charge in [-0.15, -0.1) is 0 Å². The summed E-state index contributed by atoms with van der Waals surface area (Å²) in [5.74, 6) is -0.460. The number of anilines is 1. The number of rotatable bonds is 4. The number of carbonyl (C=O) groups excluding carboxylic acids is 1. The first kappa shape index (κ1) is 16.7. The molecule has 118 valence electrons. The minimum atomic E-state index is -1.03. The SMILES string of the molecule is N#Cc1ccc(NC(=O)NCC(O)c2cccc(F)c2)cc1Cl. The molecule has 0 fully saturated rings. The van der Waals surface area contributed by atoms with Crippen molar-refractivity contribution in [3.8, 4) is 6.07 Å². The number of halogens is 2. The van der Waals surface area contributed by atoms with E-state index >= 15 is 0 Å². The molecule has 0 saturated heterocycles. The molecule has 1 atom stereocenters. The predicted octanol–water partition coefficient (Wildman–Crippen LogP) is 3.21. The number of urea groups is 1. The van der Waals surface area contributed by atoms with Gasteiger partial charge >= 0.3 is 6.03 Å². The number of aliphatic hydroxyl groups is 1. The van der Waals surface area contributed by atoms with Crippen LogP contribution in [-0.4, -0.2) is 17.7 Å². The van der Waals surface area contributed by atoms with Gasteiger partial charge in [0.05, 0.1) is 16.7 Å². The van der Waals surface area contributed by atoms with E-state index in [1.54, 1.807) is 6.07 Å². The highest BCUT2D eigenvalue weighted by molar-refractivity contribution is 6.32. The first-order valence-corrected chi connectivity index (χ1v) is 7.05. The molecule has 0 radical (unpaired) electrons. The molecular weight excluding hydrogens is 321 g/mol. The zero-order chi connectivity index (χ0) is 16.8. The van der Waals surface area contributed by atoms with Gasteiger partial charge in [-0.3, -0.25) is 0 Å². The number of hydrogen-bond donors (Lipinski definition) is 3. The van der Waals surface area contributed by atoms with Crippen LogP contribution in [-0.2, 0) is 0 Å². The molecule has 0 aromatic heterocycles. The molecule has 0 aliphatic heterocycles. The fourth-order valence-corrected chi connectivity index (χ4v) is 2.10. The van der Waals surface area contributed by atoms with Crippen LogP contribution in [0.4, 0.5) is 14.9 Å². The average molecular weight is 334 g/mol. The number of nitrogens with one attached hydrogen (secondary N) is 2. The van der Waals surface area contributed by atoms with Crippen LogP contribution in [0.2, 0.25) is 5.02 Å². The molecule has 5 nitrogen and oxygen atoms in total. The summed E-state index contributed by atoms with van der Waals surface area (Å²) in [4.78, 5) is 11.8. The van der Waals surface area contributed by atoms with Gasteiger partial charge in [0.2, 0.25) is 0 Å². The second-order valence-corrected chi connectivity index (χ2v) is 5.12. The van der Waals surface area contributed by atoms with Gasteiger partial charge in [0, 0.05) is 12.2 Å². The monoisotopic (exact) mass is 333 g/mol. The minimum Gasteiger partial charge on any atom is -0.387 e. The Morgan fingerprint density at radius 1 is 1.35 bits per heavy atom. The molecule has 2 rings (SSSR count). The van der Waals surface area contributed by atoms with Crippen molar-refractivity contribution >= 4 is 23.3 Å². The van der Waals surface area contributed by atoms with Crippen LogP contribution in [0.15, 0.2) is 42.5 Å². The quantitative estimate of drug-likeness (QED) is 0.803. The Kier molecular flexibility index (Phi) is 5.52. The van der Waals surface area contributed by atoms with E-state index in [1.807, 2.05) is 6.07 Å². The lowest BCUT2D eigenvalue weighted by molar-refractivity contribution is 0.174. The summed E-state index contributed by atoms with van der Waals surface area (Å²) < 4.78 is 13.1. The Balaban J connectivity index is 1.90. The summed E-state index contributed by atoms with van der Waals surface area (Å²) in [6, 6.07) is 11.3. The topological polar surface area (TPSA) is 85.2 Å². The van der Waals surface area contributed by atoms with Crippen LogP contribution in [0.5, 0.6) is 0 Å². The zero-order valence-corrected chi connectivity index (χ0v) is 12.6. The highest BCUT2D eigenvalue weighted by Gasteiger charge is 2.11. The smallest absolute Gasteiger partial charge is 0.319 e. The second-order valence-electron chi connectivity index (χ2n) is 4.71. The van der Waals surface area contributed by atoms with Crippen molar-refractivity contribution in [3.63, 3.8) is 0 Å². The van der Waals surface area contributed by atoms with E-state index in [4.69, 9.17) is 16.9 Å². The summed E-state index contributed by atoms with van der Waals surface area (Å²) >= 11 is 5.87. The highest BCUT2D eigenvalue weighted by atomic mass is 35.5. The Bertz CT molecular complexity index is 761. The van der Waals surface area contributed by atoms with Crippen molar-refractivity contribution in [1.82, 2.24) is 5.32 Å². The average Bonchev–Trinajstić information content (AvgIpc) is 2.53. The molecule has 7 heteroatoms. The van der Waals surface area contributed by atoms with Gasteiger partial charge in [-0.25, -0.2) is 9.18 Å². The first-order valence-electron chi connectivity index (χ1n) is 6.67. The molecule has 0 bridgehead atoms. The van der Waals surface area contributed by atoms with Gasteiger partial charge in [-0.1, -0.05) is 23.7 Å². The molecule has 23 heavy (non-hydrogen) atoms. The van der Waals surface area contributed by atoms with Crippen LogP contribution < -0.4 is 10.6 Å². The van der Waals surface area contributed by atoms with Gasteiger partial charge < -0.3 is 15.7 Å². The summed E-state index contributed by atoms with van der Waals surface area (Å²) in [7, 11) is 0. The summed E-state index contributed by atoms with van der Waals surface area (Å²) in [6.07, 6.45) is -1.03. The first-order chi connectivity index (χ1) is 11.0. The zero-order valence-electron chi connectivity index (χ0n) is 11.9. The Morgan fingerprint density at radius 2 is 2.13 bits per heavy atom. The van der Waals surface area contributed by atoms with Gasteiger partial charge in [-0.05, 0) is 35.9 Å². The normalized spacial score (nSPS) is 11.4. The van der Waals surface area contributed by atoms with Gasteiger partial charge in [0.1, 0.15) is 11.9 Å². The van der Waals surface area contributed by atoms with Gasteiger partial charge in [-0.2, -0.15) is 5.26 Å². The lowest BCUT2D eigenvalue weighted by atomic mass is 10.1. The Hall–Kier alpha value is -2.62. The van der Waals surface area contributed by atoms with Gasteiger partial charge in [0.25, 0.3) is 0 Å². The number of amides is 2. The second kappa shape index (κ2) is 7.58. The van der Waals surface area contributed by atoms with Crippen molar-refractivity contribution in [3.05, 3.63) is 64.4 Å². The lowest BCUT2D eigenvalue weighted by Crippen LogP contribution is -2.32. The molecule has 0 saturated carbocycles.